The third-order valence-corrected chi connectivity index (χ3v) is 3.28. The smallest absolute Gasteiger partial charge is 0.339 e. The van der Waals surface area contributed by atoms with Crippen LogP contribution in [-0.4, -0.2) is 42.3 Å². The van der Waals surface area contributed by atoms with E-state index >= 15 is 0 Å². The summed E-state index contributed by atoms with van der Waals surface area (Å²) in [6.45, 7) is 5.71. The summed E-state index contributed by atoms with van der Waals surface area (Å²) < 4.78 is 5.46. The van der Waals surface area contributed by atoms with Gasteiger partial charge in [-0.1, -0.05) is 18.2 Å². The highest BCUT2D eigenvalue weighted by Gasteiger charge is 2.09. The van der Waals surface area contributed by atoms with Crippen molar-refractivity contribution in [2.24, 2.45) is 0 Å². The Bertz CT molecular complexity index is 409. The zero-order valence-electron chi connectivity index (χ0n) is 10.8. The molecule has 104 valence electrons. The highest BCUT2D eigenvalue weighted by atomic mass is 32.2. The Hall–Kier alpha value is -1.46. The number of ether oxygens (including phenoxy) is 1. The molecule has 1 rings (SSSR count). The molecule has 2 N–H and O–H groups in total. The molecule has 5 heteroatoms. The van der Waals surface area contributed by atoms with E-state index in [1.165, 1.54) is 6.07 Å². The summed E-state index contributed by atoms with van der Waals surface area (Å²) in [6, 6.07) is 6.66. The van der Waals surface area contributed by atoms with Crippen molar-refractivity contribution in [3.8, 4) is 5.75 Å². The second-order valence-corrected chi connectivity index (χ2v) is 4.91. The number of benzene rings is 1. The molecule has 0 amide bonds. The van der Waals surface area contributed by atoms with Gasteiger partial charge in [-0.05, 0) is 12.1 Å². The number of carbonyl (C=O) groups is 1. The van der Waals surface area contributed by atoms with Crippen LogP contribution in [-0.2, 0) is 0 Å². The van der Waals surface area contributed by atoms with E-state index in [-0.39, 0.29) is 5.56 Å². The molecule has 0 heterocycles. The lowest BCUT2D eigenvalue weighted by molar-refractivity contribution is 0.0692. The largest absolute Gasteiger partial charge is 0.491 e. The van der Waals surface area contributed by atoms with Gasteiger partial charge < -0.3 is 15.2 Å². The van der Waals surface area contributed by atoms with Gasteiger partial charge in [0.2, 0.25) is 0 Å². The monoisotopic (exact) mass is 281 g/mol. The molecule has 0 atom stereocenters. The molecule has 0 aliphatic rings. The van der Waals surface area contributed by atoms with E-state index < -0.39 is 5.97 Å². The highest BCUT2D eigenvalue weighted by Crippen LogP contribution is 2.17. The minimum Gasteiger partial charge on any atom is -0.491 e. The first-order valence-electron chi connectivity index (χ1n) is 6.10. The van der Waals surface area contributed by atoms with Gasteiger partial charge in [0.1, 0.15) is 17.9 Å². The van der Waals surface area contributed by atoms with Crippen molar-refractivity contribution in [1.82, 2.24) is 5.32 Å². The predicted octanol–water partition coefficient (Wildman–Crippen LogP) is 2.27. The number of carboxylic acid groups (broad SMARTS) is 1. The Morgan fingerprint density at radius 1 is 1.42 bits per heavy atom. The minimum atomic E-state index is -0.968. The van der Waals surface area contributed by atoms with E-state index in [1.807, 2.05) is 17.8 Å². The Morgan fingerprint density at radius 2 is 2.21 bits per heavy atom. The molecule has 0 fully saturated rings. The molecule has 0 radical (unpaired) electrons. The van der Waals surface area contributed by atoms with Crippen LogP contribution in [0.5, 0.6) is 5.75 Å². The Kier molecular flexibility index (Phi) is 7.77. The van der Waals surface area contributed by atoms with Crippen LogP contribution >= 0.6 is 11.8 Å². The van der Waals surface area contributed by atoms with Crippen LogP contribution in [0.4, 0.5) is 0 Å². The number of hydrogen-bond donors (Lipinski definition) is 2. The van der Waals surface area contributed by atoms with Crippen LogP contribution in [0.15, 0.2) is 36.9 Å². The summed E-state index contributed by atoms with van der Waals surface area (Å²) >= 11 is 1.81. The van der Waals surface area contributed by atoms with Gasteiger partial charge in [0.15, 0.2) is 0 Å². The van der Waals surface area contributed by atoms with Crippen molar-refractivity contribution < 1.29 is 14.6 Å². The summed E-state index contributed by atoms with van der Waals surface area (Å²) in [7, 11) is 0. The summed E-state index contributed by atoms with van der Waals surface area (Å²) in [4.78, 5) is 11.0. The van der Waals surface area contributed by atoms with Crippen molar-refractivity contribution in [3.63, 3.8) is 0 Å². The first-order valence-corrected chi connectivity index (χ1v) is 7.25. The first kappa shape index (κ1) is 15.6. The number of aromatic carboxylic acids is 1. The van der Waals surface area contributed by atoms with E-state index in [0.717, 1.165) is 18.1 Å². The molecule has 0 saturated carbocycles. The molecular formula is C14H19NO3S. The van der Waals surface area contributed by atoms with E-state index in [4.69, 9.17) is 9.84 Å². The van der Waals surface area contributed by atoms with Crippen LogP contribution in [0, 0.1) is 0 Å². The van der Waals surface area contributed by atoms with E-state index in [0.29, 0.717) is 18.9 Å². The predicted molar refractivity (Wildman–Crippen MR) is 79.3 cm³/mol. The molecule has 4 nitrogen and oxygen atoms in total. The van der Waals surface area contributed by atoms with Gasteiger partial charge in [-0.25, -0.2) is 4.79 Å². The van der Waals surface area contributed by atoms with Crippen molar-refractivity contribution in [3.05, 3.63) is 42.5 Å². The topological polar surface area (TPSA) is 58.6 Å². The number of para-hydroxylation sites is 1. The second kappa shape index (κ2) is 9.47. The molecule has 0 aliphatic carbocycles. The van der Waals surface area contributed by atoms with Gasteiger partial charge in [0.05, 0.1) is 0 Å². The van der Waals surface area contributed by atoms with E-state index in [9.17, 15) is 4.79 Å². The lowest BCUT2D eigenvalue weighted by Crippen LogP contribution is -2.23. The fourth-order valence-corrected chi connectivity index (χ4v) is 2.06. The van der Waals surface area contributed by atoms with Crippen LogP contribution in [0.25, 0.3) is 0 Å². The van der Waals surface area contributed by atoms with E-state index in [2.05, 4.69) is 11.9 Å². The minimum absolute atomic E-state index is 0.198. The Morgan fingerprint density at radius 3 is 2.95 bits per heavy atom. The zero-order valence-corrected chi connectivity index (χ0v) is 11.6. The van der Waals surface area contributed by atoms with Gasteiger partial charge in [-0.15, -0.1) is 6.58 Å². The highest BCUT2D eigenvalue weighted by molar-refractivity contribution is 7.99. The summed E-state index contributed by atoms with van der Waals surface area (Å²) in [5.41, 5.74) is 0.198. The summed E-state index contributed by atoms with van der Waals surface area (Å²) in [5.74, 6) is 1.43. The number of rotatable bonds is 10. The molecule has 1 aromatic rings. The fourth-order valence-electron chi connectivity index (χ4n) is 1.44. The van der Waals surface area contributed by atoms with Gasteiger partial charge in [-0.3, -0.25) is 0 Å². The normalized spacial score (nSPS) is 10.1. The second-order valence-electron chi connectivity index (χ2n) is 3.76. The number of thioether (sulfide) groups is 1. The van der Waals surface area contributed by atoms with Gasteiger partial charge in [-0.2, -0.15) is 11.8 Å². The van der Waals surface area contributed by atoms with Gasteiger partial charge in [0.25, 0.3) is 0 Å². The maximum Gasteiger partial charge on any atom is 0.339 e. The molecule has 0 bridgehead atoms. The molecule has 0 spiro atoms. The molecule has 0 saturated heterocycles. The van der Waals surface area contributed by atoms with Crippen molar-refractivity contribution in [2.75, 3.05) is 31.2 Å². The fraction of sp³-hybridized carbons (Fsp3) is 0.357. The van der Waals surface area contributed by atoms with Crippen LogP contribution in [0.3, 0.4) is 0 Å². The standard InChI is InChI=1S/C14H19NO3S/c1-2-10-19-11-8-15-7-9-18-13-6-4-3-5-12(13)14(16)17/h2-6,15H,1,7-11H2,(H,16,17). The molecule has 0 aliphatic heterocycles. The molecule has 19 heavy (non-hydrogen) atoms. The molecule has 1 aromatic carbocycles. The van der Waals surface area contributed by atoms with Crippen LogP contribution < -0.4 is 10.1 Å². The van der Waals surface area contributed by atoms with Crippen molar-refractivity contribution in [2.45, 2.75) is 0 Å². The van der Waals surface area contributed by atoms with Gasteiger partial charge >= 0.3 is 5.97 Å². The quantitative estimate of drug-likeness (QED) is 0.509. The lowest BCUT2D eigenvalue weighted by atomic mass is 10.2. The SMILES string of the molecule is C=CCSCCNCCOc1ccccc1C(=O)O. The van der Waals surface area contributed by atoms with Gasteiger partial charge in [0, 0.05) is 24.6 Å². The maximum atomic E-state index is 11.0. The average molecular weight is 281 g/mol. The van der Waals surface area contributed by atoms with Crippen molar-refractivity contribution >= 4 is 17.7 Å². The molecular weight excluding hydrogens is 262 g/mol. The van der Waals surface area contributed by atoms with Crippen molar-refractivity contribution in [1.29, 1.82) is 0 Å². The lowest BCUT2D eigenvalue weighted by Gasteiger charge is -2.09. The molecule has 0 aromatic heterocycles. The maximum absolute atomic E-state index is 11.0. The van der Waals surface area contributed by atoms with E-state index in [1.54, 1.807) is 18.2 Å². The summed E-state index contributed by atoms with van der Waals surface area (Å²) in [5, 5.41) is 12.2. The van der Waals surface area contributed by atoms with Crippen LogP contribution in [0.2, 0.25) is 0 Å². The number of hydrogen-bond acceptors (Lipinski definition) is 4. The third-order valence-electron chi connectivity index (χ3n) is 2.31. The number of carboxylic acids is 1. The third kappa shape index (κ3) is 6.31. The molecule has 0 unspecified atom stereocenters. The number of nitrogens with one attached hydrogen (secondary N) is 1. The Labute approximate surface area is 117 Å². The zero-order chi connectivity index (χ0) is 13.9. The Balaban J connectivity index is 2.19. The van der Waals surface area contributed by atoms with Crippen LogP contribution in [0.1, 0.15) is 10.4 Å². The average Bonchev–Trinajstić information content (AvgIpc) is 2.42. The summed E-state index contributed by atoms with van der Waals surface area (Å²) in [6.07, 6.45) is 1.89. The first-order chi connectivity index (χ1) is 9.25.